The van der Waals surface area contributed by atoms with Crippen molar-refractivity contribution >= 4 is 11.6 Å². The maximum atomic E-state index is 5.62. The van der Waals surface area contributed by atoms with Crippen molar-refractivity contribution in [2.75, 3.05) is 0 Å². The maximum Gasteiger partial charge on any atom is 0.318 e. The molecule has 0 bridgehead atoms. The molecule has 1 aromatic heterocycles. The fourth-order valence-corrected chi connectivity index (χ4v) is 0.840. The number of ether oxygens (including phenoxy) is 1. The lowest BCUT2D eigenvalue weighted by molar-refractivity contribution is 0.278. The Kier molecular flexibility index (Phi) is 1.66. The van der Waals surface area contributed by atoms with E-state index in [1.165, 1.54) is 0 Å². The first-order valence-electron chi connectivity index (χ1n) is 3.50. The van der Waals surface area contributed by atoms with Gasteiger partial charge >= 0.3 is 6.01 Å². The number of aromatic nitrogens is 2. The van der Waals surface area contributed by atoms with E-state index in [1.54, 1.807) is 12.3 Å². The van der Waals surface area contributed by atoms with Crippen LogP contribution >= 0.6 is 11.6 Å². The monoisotopic (exact) mass is 170 g/mol. The van der Waals surface area contributed by atoms with Gasteiger partial charge in [-0.2, -0.15) is 4.98 Å². The zero-order chi connectivity index (χ0) is 7.68. The summed E-state index contributed by atoms with van der Waals surface area (Å²) in [7, 11) is 0. The Labute approximate surface area is 69.4 Å². The van der Waals surface area contributed by atoms with Crippen molar-refractivity contribution in [2.24, 2.45) is 0 Å². The summed E-state index contributed by atoms with van der Waals surface area (Å²) >= 11 is 5.62. The molecule has 3 nitrogen and oxygen atoms in total. The van der Waals surface area contributed by atoms with Gasteiger partial charge in [0.05, 0.1) is 0 Å². The van der Waals surface area contributed by atoms with Crippen LogP contribution < -0.4 is 4.74 Å². The molecule has 0 atom stereocenters. The Balaban J connectivity index is 2.10. The molecule has 58 valence electrons. The summed E-state index contributed by atoms with van der Waals surface area (Å²) in [5.74, 6) is 0. The van der Waals surface area contributed by atoms with Crippen molar-refractivity contribution in [3.8, 4) is 6.01 Å². The summed E-state index contributed by atoms with van der Waals surface area (Å²) in [6, 6.07) is 2.02. The molecule has 1 saturated carbocycles. The molecule has 1 aliphatic rings. The summed E-state index contributed by atoms with van der Waals surface area (Å²) in [6.07, 6.45) is 4.13. The van der Waals surface area contributed by atoms with Crippen molar-refractivity contribution in [2.45, 2.75) is 18.9 Å². The van der Waals surface area contributed by atoms with Crippen LogP contribution in [-0.2, 0) is 0 Å². The van der Waals surface area contributed by atoms with Crippen LogP contribution in [0.5, 0.6) is 6.01 Å². The molecule has 1 fully saturated rings. The van der Waals surface area contributed by atoms with Crippen LogP contribution in [0.1, 0.15) is 12.8 Å². The van der Waals surface area contributed by atoms with Crippen molar-refractivity contribution < 1.29 is 4.74 Å². The molecule has 0 spiro atoms. The Morgan fingerprint density at radius 2 is 2.36 bits per heavy atom. The molecule has 1 heterocycles. The Bertz CT molecular complexity index is 262. The minimum absolute atomic E-state index is 0.327. The highest BCUT2D eigenvalue weighted by Crippen LogP contribution is 2.24. The van der Waals surface area contributed by atoms with Gasteiger partial charge < -0.3 is 4.74 Å². The predicted molar refractivity (Wildman–Crippen MR) is 40.7 cm³/mol. The summed E-state index contributed by atoms with van der Waals surface area (Å²) < 4.78 is 5.30. The van der Waals surface area contributed by atoms with Crippen LogP contribution in [0.3, 0.4) is 0 Å². The number of hydrogen-bond acceptors (Lipinski definition) is 3. The smallest absolute Gasteiger partial charge is 0.318 e. The van der Waals surface area contributed by atoms with E-state index in [2.05, 4.69) is 9.97 Å². The van der Waals surface area contributed by atoms with Crippen LogP contribution in [0, 0.1) is 0 Å². The lowest BCUT2D eigenvalue weighted by atomic mass is 10.7. The van der Waals surface area contributed by atoms with Gasteiger partial charge in [0, 0.05) is 6.20 Å². The molecule has 11 heavy (non-hydrogen) atoms. The van der Waals surface area contributed by atoms with Crippen molar-refractivity contribution in [3.63, 3.8) is 0 Å². The van der Waals surface area contributed by atoms with E-state index in [0.717, 1.165) is 12.8 Å². The van der Waals surface area contributed by atoms with E-state index in [4.69, 9.17) is 16.3 Å². The Hall–Kier alpha value is -0.830. The van der Waals surface area contributed by atoms with Crippen molar-refractivity contribution in [3.05, 3.63) is 17.4 Å². The lowest BCUT2D eigenvalue weighted by Gasteiger charge is -1.99. The zero-order valence-corrected chi connectivity index (χ0v) is 6.58. The molecule has 0 aliphatic heterocycles. The summed E-state index contributed by atoms with van der Waals surface area (Å²) in [4.78, 5) is 7.79. The average molecular weight is 171 g/mol. The molecular weight excluding hydrogens is 164 g/mol. The van der Waals surface area contributed by atoms with Crippen LogP contribution in [-0.4, -0.2) is 16.1 Å². The van der Waals surface area contributed by atoms with Crippen molar-refractivity contribution in [1.82, 2.24) is 9.97 Å². The van der Waals surface area contributed by atoms with Gasteiger partial charge in [-0.15, -0.1) is 0 Å². The highest BCUT2D eigenvalue weighted by molar-refractivity contribution is 6.29. The first-order valence-corrected chi connectivity index (χ1v) is 3.87. The quantitative estimate of drug-likeness (QED) is 0.634. The van der Waals surface area contributed by atoms with Crippen LogP contribution in [0.15, 0.2) is 12.3 Å². The number of nitrogens with zero attached hydrogens (tertiary/aromatic N) is 2. The Morgan fingerprint density at radius 1 is 1.55 bits per heavy atom. The molecular formula is C7H7ClN2O. The molecule has 1 aromatic rings. The Morgan fingerprint density at radius 3 is 3.00 bits per heavy atom. The number of rotatable bonds is 2. The molecule has 0 N–H and O–H groups in total. The minimum Gasteiger partial charge on any atom is -0.460 e. The fourth-order valence-electron chi connectivity index (χ4n) is 0.712. The summed E-state index contributed by atoms with van der Waals surface area (Å²) in [5.41, 5.74) is 0. The first kappa shape index (κ1) is 6.85. The molecule has 0 aromatic carbocycles. The van der Waals surface area contributed by atoms with Crippen LogP contribution in [0.2, 0.25) is 5.15 Å². The van der Waals surface area contributed by atoms with Gasteiger partial charge in [0.2, 0.25) is 0 Å². The maximum absolute atomic E-state index is 5.62. The van der Waals surface area contributed by atoms with E-state index < -0.39 is 0 Å². The SMILES string of the molecule is Clc1ccnc(OC2CC2)n1. The first-order chi connectivity index (χ1) is 5.34. The third-order valence-electron chi connectivity index (χ3n) is 1.40. The minimum atomic E-state index is 0.327. The van der Waals surface area contributed by atoms with Crippen LogP contribution in [0.25, 0.3) is 0 Å². The van der Waals surface area contributed by atoms with Gasteiger partial charge in [0.15, 0.2) is 0 Å². The molecule has 0 amide bonds. The second-order valence-corrected chi connectivity index (χ2v) is 2.87. The molecule has 0 saturated heterocycles. The van der Waals surface area contributed by atoms with Gasteiger partial charge in [0.1, 0.15) is 11.3 Å². The standard InChI is InChI=1S/C7H7ClN2O/c8-6-3-4-9-7(10-6)11-5-1-2-5/h3-5H,1-2H2. The van der Waals surface area contributed by atoms with Gasteiger partial charge in [-0.3, -0.25) is 0 Å². The number of hydrogen-bond donors (Lipinski definition) is 0. The lowest BCUT2D eigenvalue weighted by Crippen LogP contribution is -1.99. The largest absolute Gasteiger partial charge is 0.460 e. The normalized spacial score (nSPS) is 16.5. The predicted octanol–water partition coefficient (Wildman–Crippen LogP) is 1.67. The summed E-state index contributed by atoms with van der Waals surface area (Å²) in [5, 5.41) is 0.427. The highest BCUT2D eigenvalue weighted by atomic mass is 35.5. The van der Waals surface area contributed by atoms with Crippen LogP contribution in [0.4, 0.5) is 0 Å². The van der Waals surface area contributed by atoms with Gasteiger partial charge in [-0.1, -0.05) is 11.6 Å². The molecule has 1 aliphatic carbocycles. The molecule has 4 heteroatoms. The number of halogens is 1. The van der Waals surface area contributed by atoms with E-state index >= 15 is 0 Å². The van der Waals surface area contributed by atoms with E-state index in [1.807, 2.05) is 0 Å². The molecule has 2 rings (SSSR count). The molecule has 0 unspecified atom stereocenters. The van der Waals surface area contributed by atoms with E-state index in [9.17, 15) is 0 Å². The summed E-state index contributed by atoms with van der Waals surface area (Å²) in [6.45, 7) is 0. The third kappa shape index (κ3) is 1.80. The third-order valence-corrected chi connectivity index (χ3v) is 1.61. The average Bonchev–Trinajstić information content (AvgIpc) is 2.71. The van der Waals surface area contributed by atoms with Crippen molar-refractivity contribution in [1.29, 1.82) is 0 Å². The van der Waals surface area contributed by atoms with Gasteiger partial charge in [0.25, 0.3) is 0 Å². The van der Waals surface area contributed by atoms with Gasteiger partial charge in [-0.05, 0) is 18.9 Å². The second-order valence-electron chi connectivity index (χ2n) is 2.48. The topological polar surface area (TPSA) is 35.0 Å². The fraction of sp³-hybridized carbons (Fsp3) is 0.429. The van der Waals surface area contributed by atoms with Gasteiger partial charge in [-0.25, -0.2) is 4.98 Å². The highest BCUT2D eigenvalue weighted by Gasteiger charge is 2.24. The zero-order valence-electron chi connectivity index (χ0n) is 5.83. The van der Waals surface area contributed by atoms with E-state index in [-0.39, 0.29) is 0 Å². The second kappa shape index (κ2) is 2.66. The van der Waals surface area contributed by atoms with E-state index in [0.29, 0.717) is 17.3 Å². The molecule has 0 radical (unpaired) electrons.